The third-order valence-corrected chi connectivity index (χ3v) is 3.77. The van der Waals surface area contributed by atoms with E-state index in [0.29, 0.717) is 5.75 Å². The number of benzene rings is 2. The minimum absolute atomic E-state index is 0.0791. The van der Waals surface area contributed by atoms with E-state index >= 15 is 0 Å². The number of oxime groups is 1. The van der Waals surface area contributed by atoms with Crippen molar-refractivity contribution in [3.05, 3.63) is 63.1 Å². The van der Waals surface area contributed by atoms with Gasteiger partial charge in [-0.05, 0) is 48.9 Å². The van der Waals surface area contributed by atoms with Gasteiger partial charge in [-0.15, -0.1) is 0 Å². The molecule has 0 saturated carbocycles. The highest BCUT2D eigenvalue weighted by atomic mass is 79.9. The van der Waals surface area contributed by atoms with E-state index in [0.717, 1.165) is 10.5 Å². The number of hydrogen-bond donors (Lipinski definition) is 1. The average Bonchev–Trinajstić information content (AvgIpc) is 2.55. The first kappa shape index (κ1) is 23.1. The highest BCUT2D eigenvalue weighted by molar-refractivity contribution is 9.10. The van der Waals surface area contributed by atoms with Crippen LogP contribution in [-0.2, 0) is 16.7 Å². The Balaban J connectivity index is 0.000000828. The van der Waals surface area contributed by atoms with Gasteiger partial charge in [0, 0.05) is 15.1 Å². The summed E-state index contributed by atoms with van der Waals surface area (Å²) in [6, 6.07) is 10.2. The van der Waals surface area contributed by atoms with Crippen LogP contribution in [0, 0.1) is 4.78 Å². The SMILES string of the molecule is CC/C(=N\Oc1ccc(Br)cc1)c1cc(Cl)ccc1C(F)(F)F.N=S(=O)=O. The van der Waals surface area contributed by atoms with E-state index in [-0.39, 0.29) is 22.7 Å². The van der Waals surface area contributed by atoms with Crippen LogP contribution in [0.5, 0.6) is 5.75 Å². The van der Waals surface area contributed by atoms with Crippen molar-refractivity contribution >= 4 is 43.7 Å². The molecule has 0 spiro atoms. The van der Waals surface area contributed by atoms with Crippen molar-refractivity contribution in [1.82, 2.24) is 0 Å². The minimum Gasteiger partial charge on any atom is -0.357 e. The van der Waals surface area contributed by atoms with Crippen LogP contribution in [0.3, 0.4) is 0 Å². The third-order valence-electron chi connectivity index (χ3n) is 3.01. The highest BCUT2D eigenvalue weighted by Gasteiger charge is 2.34. The Hall–Kier alpha value is -1.91. The van der Waals surface area contributed by atoms with Gasteiger partial charge >= 0.3 is 16.7 Å². The molecule has 0 amide bonds. The first-order valence-corrected chi connectivity index (χ1v) is 9.46. The van der Waals surface area contributed by atoms with Crippen LogP contribution < -0.4 is 4.84 Å². The first-order chi connectivity index (χ1) is 12.5. The van der Waals surface area contributed by atoms with E-state index in [9.17, 15) is 13.2 Å². The van der Waals surface area contributed by atoms with E-state index in [1.54, 1.807) is 31.2 Å². The molecular weight excluding hydrogens is 473 g/mol. The molecule has 2 aromatic rings. The molecule has 146 valence electrons. The second kappa shape index (κ2) is 10.4. The molecule has 0 unspecified atom stereocenters. The Morgan fingerprint density at radius 2 is 1.78 bits per heavy atom. The summed E-state index contributed by atoms with van der Waals surface area (Å²) in [6.07, 6.45) is -4.23. The second-order valence-electron chi connectivity index (χ2n) is 4.86. The monoisotopic (exact) mass is 484 g/mol. The Kier molecular flexibility index (Phi) is 8.94. The minimum atomic E-state index is -4.49. The maximum atomic E-state index is 13.1. The van der Waals surface area contributed by atoms with Gasteiger partial charge in [-0.2, -0.15) is 26.4 Å². The summed E-state index contributed by atoms with van der Waals surface area (Å²) in [7, 11) is -2.61. The number of alkyl halides is 3. The lowest BCUT2D eigenvalue weighted by molar-refractivity contribution is -0.137. The molecule has 1 N–H and O–H groups in total. The molecule has 0 aromatic heterocycles. The Bertz CT molecular complexity index is 911. The van der Waals surface area contributed by atoms with E-state index in [1.165, 1.54) is 12.1 Å². The highest BCUT2D eigenvalue weighted by Crippen LogP contribution is 2.34. The van der Waals surface area contributed by atoms with E-state index < -0.39 is 22.2 Å². The van der Waals surface area contributed by atoms with Gasteiger partial charge in [0.05, 0.1) is 11.3 Å². The van der Waals surface area contributed by atoms with Crippen molar-refractivity contribution in [3.8, 4) is 5.75 Å². The molecular formula is C16H13BrClF3N2O3S. The Morgan fingerprint density at radius 1 is 1.22 bits per heavy atom. The van der Waals surface area contributed by atoms with Crippen LogP contribution in [0.25, 0.3) is 0 Å². The zero-order valence-electron chi connectivity index (χ0n) is 13.7. The molecule has 0 radical (unpaired) electrons. The van der Waals surface area contributed by atoms with E-state index in [4.69, 9.17) is 29.6 Å². The van der Waals surface area contributed by atoms with Gasteiger partial charge in [-0.3, -0.25) is 0 Å². The fourth-order valence-electron chi connectivity index (χ4n) is 1.91. The molecule has 0 bridgehead atoms. The maximum Gasteiger partial charge on any atom is 0.417 e. The molecule has 0 aliphatic carbocycles. The number of nitrogens with zero attached hydrogens (tertiary/aromatic N) is 1. The lowest BCUT2D eigenvalue weighted by Crippen LogP contribution is -2.14. The summed E-state index contributed by atoms with van der Waals surface area (Å²) < 4.78 is 63.1. The normalized spacial score (nSPS) is 11.4. The quantitative estimate of drug-likeness (QED) is 0.430. The molecule has 2 aromatic carbocycles. The van der Waals surface area contributed by atoms with Crippen LogP contribution in [0.15, 0.2) is 52.1 Å². The van der Waals surface area contributed by atoms with Crippen LogP contribution >= 0.6 is 27.5 Å². The number of halogens is 5. The molecule has 0 saturated heterocycles. The van der Waals surface area contributed by atoms with Crippen LogP contribution in [0.2, 0.25) is 5.02 Å². The predicted molar refractivity (Wildman–Crippen MR) is 99.7 cm³/mol. The van der Waals surface area contributed by atoms with E-state index in [1.807, 2.05) is 0 Å². The van der Waals surface area contributed by atoms with Crippen molar-refractivity contribution in [1.29, 1.82) is 4.78 Å². The van der Waals surface area contributed by atoms with Gasteiger partial charge in [0.25, 0.3) is 0 Å². The van der Waals surface area contributed by atoms with Crippen molar-refractivity contribution in [2.45, 2.75) is 19.5 Å². The fourth-order valence-corrected chi connectivity index (χ4v) is 2.35. The van der Waals surface area contributed by atoms with Gasteiger partial charge in [-0.1, -0.05) is 39.6 Å². The number of hydrogen-bond acceptors (Lipinski definition) is 5. The van der Waals surface area contributed by atoms with Gasteiger partial charge < -0.3 is 4.84 Å². The second-order valence-corrected chi connectivity index (χ2v) is 6.68. The smallest absolute Gasteiger partial charge is 0.357 e. The lowest BCUT2D eigenvalue weighted by atomic mass is 10.0. The van der Waals surface area contributed by atoms with Crippen molar-refractivity contribution < 1.29 is 26.4 Å². The zero-order chi connectivity index (χ0) is 20.6. The summed E-state index contributed by atoms with van der Waals surface area (Å²) in [5.74, 6) is 0.426. The topological polar surface area (TPSA) is 79.6 Å². The predicted octanol–water partition coefficient (Wildman–Crippen LogP) is 5.94. The molecule has 5 nitrogen and oxygen atoms in total. The summed E-state index contributed by atoms with van der Waals surface area (Å²) in [5.41, 5.74) is -0.700. The third kappa shape index (κ3) is 8.10. The van der Waals surface area contributed by atoms with Crippen LogP contribution in [0.1, 0.15) is 24.5 Å². The Morgan fingerprint density at radius 3 is 2.26 bits per heavy atom. The van der Waals surface area contributed by atoms with Crippen molar-refractivity contribution in [2.24, 2.45) is 5.16 Å². The number of nitrogens with one attached hydrogen (secondary N) is 1. The van der Waals surface area contributed by atoms with Crippen molar-refractivity contribution in [3.63, 3.8) is 0 Å². The van der Waals surface area contributed by atoms with E-state index in [2.05, 4.69) is 21.1 Å². The summed E-state index contributed by atoms with van der Waals surface area (Å²) in [6.45, 7) is 1.70. The maximum absolute atomic E-state index is 13.1. The lowest BCUT2D eigenvalue weighted by Gasteiger charge is -2.14. The largest absolute Gasteiger partial charge is 0.417 e. The molecule has 11 heteroatoms. The standard InChI is InChI=1S/C16H12BrClF3NO.HNO2S/c1-2-15(22-23-12-6-3-10(17)4-7-12)13-9-11(18)5-8-14(13)16(19,20)21;1-4(2)3/h3-9H,2H2,1H3;1H/b22-15+;. The molecule has 2 rings (SSSR count). The van der Waals surface area contributed by atoms with Gasteiger partial charge in [0.2, 0.25) is 0 Å². The number of rotatable bonds is 4. The summed E-state index contributed by atoms with van der Waals surface area (Å²) >= 11 is 9.12. The average molecular weight is 486 g/mol. The fraction of sp³-hybridized carbons (Fsp3) is 0.188. The molecule has 0 aliphatic rings. The molecule has 0 atom stereocenters. The van der Waals surface area contributed by atoms with Gasteiger partial charge in [0.15, 0.2) is 5.75 Å². The molecule has 0 aliphatic heterocycles. The van der Waals surface area contributed by atoms with Crippen LogP contribution in [-0.4, -0.2) is 14.1 Å². The van der Waals surface area contributed by atoms with Gasteiger partial charge in [-0.25, -0.2) is 0 Å². The summed E-state index contributed by atoms with van der Waals surface area (Å²) in [4.78, 5) is 5.23. The van der Waals surface area contributed by atoms with Crippen LogP contribution in [0.4, 0.5) is 13.2 Å². The molecule has 0 heterocycles. The van der Waals surface area contributed by atoms with Gasteiger partial charge in [0.1, 0.15) is 0 Å². The molecule has 27 heavy (non-hydrogen) atoms. The Labute approximate surface area is 168 Å². The first-order valence-electron chi connectivity index (χ1n) is 7.21. The van der Waals surface area contributed by atoms with Crippen molar-refractivity contribution in [2.75, 3.05) is 0 Å². The summed E-state index contributed by atoms with van der Waals surface area (Å²) in [5, 5.41) is 4.08. The zero-order valence-corrected chi connectivity index (χ0v) is 16.9. The molecule has 0 fully saturated rings.